The molecule has 0 radical (unpaired) electrons. The summed E-state index contributed by atoms with van der Waals surface area (Å²) in [7, 11) is -2.78. The number of anilines is 1. The summed E-state index contributed by atoms with van der Waals surface area (Å²) in [6.07, 6.45) is 0. The number of aromatic carboxylic acids is 1. The zero-order valence-electron chi connectivity index (χ0n) is 16.2. The molecule has 0 bridgehead atoms. The predicted molar refractivity (Wildman–Crippen MR) is 113 cm³/mol. The first-order chi connectivity index (χ1) is 14.3. The van der Waals surface area contributed by atoms with Crippen molar-refractivity contribution >= 4 is 32.8 Å². The van der Waals surface area contributed by atoms with Gasteiger partial charge in [0.2, 0.25) is 5.89 Å². The number of carboxylic acids is 1. The molecule has 0 spiro atoms. The number of para-hydroxylation sites is 1. The summed E-state index contributed by atoms with van der Waals surface area (Å²) < 4.78 is 33.4. The first-order valence-electron chi connectivity index (χ1n) is 9.07. The fourth-order valence-electron chi connectivity index (χ4n) is 3.23. The number of benzene rings is 3. The van der Waals surface area contributed by atoms with Crippen LogP contribution in [0, 0.1) is 6.92 Å². The van der Waals surface area contributed by atoms with Gasteiger partial charge in [0.25, 0.3) is 10.0 Å². The first kappa shape index (κ1) is 19.7. The topological polar surface area (TPSA) is 101 Å². The van der Waals surface area contributed by atoms with E-state index in [4.69, 9.17) is 4.42 Å². The standard InChI is InChI=1S/C22H18N2O5S/c1-14-11-12-19-17(13-14)23-21(29-19)15-7-3-5-9-18(15)24(2)30(27,28)20-10-6-4-8-16(20)22(25)26/h3-13H,1-2H3,(H,25,26). The van der Waals surface area contributed by atoms with Crippen LogP contribution in [0.1, 0.15) is 15.9 Å². The average Bonchev–Trinajstić information content (AvgIpc) is 3.16. The molecule has 0 aliphatic heterocycles. The number of rotatable bonds is 5. The number of aromatic nitrogens is 1. The molecular weight excluding hydrogens is 404 g/mol. The molecule has 0 aliphatic rings. The van der Waals surface area contributed by atoms with E-state index >= 15 is 0 Å². The summed E-state index contributed by atoms with van der Waals surface area (Å²) in [5.41, 5.74) is 2.79. The number of aryl methyl sites for hydroxylation is 1. The van der Waals surface area contributed by atoms with Crippen LogP contribution in [0.5, 0.6) is 0 Å². The number of oxazole rings is 1. The molecule has 4 aromatic rings. The Kier molecular flexibility index (Phi) is 4.79. The lowest BCUT2D eigenvalue weighted by Gasteiger charge is -2.22. The minimum absolute atomic E-state index is 0.278. The van der Waals surface area contributed by atoms with Gasteiger partial charge in [-0.25, -0.2) is 18.2 Å². The van der Waals surface area contributed by atoms with Crippen LogP contribution in [-0.4, -0.2) is 31.5 Å². The van der Waals surface area contributed by atoms with E-state index in [1.807, 2.05) is 25.1 Å². The Morgan fingerprint density at radius 2 is 1.73 bits per heavy atom. The van der Waals surface area contributed by atoms with Crippen molar-refractivity contribution in [1.29, 1.82) is 0 Å². The zero-order valence-corrected chi connectivity index (χ0v) is 17.1. The van der Waals surface area contributed by atoms with Gasteiger partial charge < -0.3 is 9.52 Å². The Balaban J connectivity index is 1.85. The van der Waals surface area contributed by atoms with Gasteiger partial charge in [0.05, 0.1) is 16.8 Å². The van der Waals surface area contributed by atoms with Crippen LogP contribution in [0.3, 0.4) is 0 Å². The van der Waals surface area contributed by atoms with Crippen LogP contribution in [-0.2, 0) is 10.0 Å². The van der Waals surface area contributed by atoms with Crippen molar-refractivity contribution in [3.05, 3.63) is 77.9 Å². The van der Waals surface area contributed by atoms with Crippen LogP contribution in [0.2, 0.25) is 0 Å². The predicted octanol–water partition coefficient (Wildman–Crippen LogP) is 4.33. The number of carbonyl (C=O) groups is 1. The van der Waals surface area contributed by atoms with Gasteiger partial charge in [0, 0.05) is 7.05 Å². The Morgan fingerprint density at radius 1 is 1.03 bits per heavy atom. The number of sulfonamides is 1. The average molecular weight is 422 g/mol. The van der Waals surface area contributed by atoms with Crippen molar-refractivity contribution in [2.45, 2.75) is 11.8 Å². The zero-order chi connectivity index (χ0) is 21.5. The van der Waals surface area contributed by atoms with Crippen molar-refractivity contribution < 1.29 is 22.7 Å². The van der Waals surface area contributed by atoms with E-state index in [2.05, 4.69) is 4.98 Å². The maximum Gasteiger partial charge on any atom is 0.337 e. The number of hydrogen-bond acceptors (Lipinski definition) is 5. The Morgan fingerprint density at radius 3 is 2.50 bits per heavy atom. The molecule has 0 fully saturated rings. The Bertz CT molecular complexity index is 1380. The highest BCUT2D eigenvalue weighted by atomic mass is 32.2. The third-order valence-electron chi connectivity index (χ3n) is 4.77. The molecule has 0 unspecified atom stereocenters. The van der Waals surface area contributed by atoms with Crippen LogP contribution >= 0.6 is 0 Å². The van der Waals surface area contributed by atoms with E-state index in [1.165, 1.54) is 31.3 Å². The Labute approximate surface area is 173 Å². The van der Waals surface area contributed by atoms with Crippen LogP contribution < -0.4 is 4.31 Å². The fraction of sp³-hybridized carbons (Fsp3) is 0.0909. The van der Waals surface area contributed by atoms with Gasteiger partial charge in [0.15, 0.2) is 5.58 Å². The molecule has 30 heavy (non-hydrogen) atoms. The van der Waals surface area contributed by atoms with Gasteiger partial charge in [-0.15, -0.1) is 0 Å². The monoisotopic (exact) mass is 422 g/mol. The van der Waals surface area contributed by atoms with Crippen molar-refractivity contribution in [3.8, 4) is 11.5 Å². The highest BCUT2D eigenvalue weighted by Crippen LogP contribution is 2.35. The quantitative estimate of drug-likeness (QED) is 0.514. The van der Waals surface area contributed by atoms with Crippen molar-refractivity contribution in [2.24, 2.45) is 0 Å². The van der Waals surface area contributed by atoms with Gasteiger partial charge >= 0.3 is 5.97 Å². The highest BCUT2D eigenvalue weighted by molar-refractivity contribution is 7.92. The molecule has 152 valence electrons. The molecule has 8 heteroatoms. The van der Waals surface area contributed by atoms with Gasteiger partial charge in [0.1, 0.15) is 10.4 Å². The fourth-order valence-corrected chi connectivity index (χ4v) is 4.62. The first-order valence-corrected chi connectivity index (χ1v) is 10.5. The maximum atomic E-state index is 13.3. The van der Waals surface area contributed by atoms with Crippen molar-refractivity contribution in [1.82, 2.24) is 4.98 Å². The molecule has 0 amide bonds. The van der Waals surface area contributed by atoms with Crippen LogP contribution in [0.25, 0.3) is 22.6 Å². The molecule has 0 aliphatic carbocycles. The second kappa shape index (κ2) is 7.31. The molecule has 0 saturated heterocycles. The number of hydrogen-bond donors (Lipinski definition) is 1. The summed E-state index contributed by atoms with van der Waals surface area (Å²) in [6.45, 7) is 1.95. The largest absolute Gasteiger partial charge is 0.478 e. The molecule has 1 N–H and O–H groups in total. The molecule has 3 aromatic carbocycles. The molecular formula is C22H18N2O5S. The van der Waals surface area contributed by atoms with E-state index in [9.17, 15) is 18.3 Å². The van der Waals surface area contributed by atoms with Crippen molar-refractivity contribution in [2.75, 3.05) is 11.4 Å². The maximum absolute atomic E-state index is 13.3. The van der Waals surface area contributed by atoms with Crippen LogP contribution in [0.15, 0.2) is 76.0 Å². The number of fused-ring (bicyclic) bond motifs is 1. The van der Waals surface area contributed by atoms with Crippen LogP contribution in [0.4, 0.5) is 5.69 Å². The second-order valence-corrected chi connectivity index (χ2v) is 8.72. The number of carboxylic acid groups (broad SMARTS) is 1. The third kappa shape index (κ3) is 3.31. The lowest BCUT2D eigenvalue weighted by molar-refractivity contribution is 0.0692. The molecule has 1 heterocycles. The van der Waals surface area contributed by atoms with E-state index < -0.39 is 16.0 Å². The molecule has 4 rings (SSSR count). The van der Waals surface area contributed by atoms with Gasteiger partial charge in [-0.05, 0) is 48.9 Å². The summed E-state index contributed by atoms with van der Waals surface area (Å²) in [4.78, 5) is 15.8. The highest BCUT2D eigenvalue weighted by Gasteiger charge is 2.28. The Hall–Kier alpha value is -3.65. The summed E-state index contributed by atoms with van der Waals surface area (Å²) in [5.74, 6) is -1.04. The summed E-state index contributed by atoms with van der Waals surface area (Å²) in [5, 5.41) is 9.41. The van der Waals surface area contributed by atoms with Gasteiger partial charge in [-0.2, -0.15) is 0 Å². The third-order valence-corrected chi connectivity index (χ3v) is 6.60. The molecule has 0 atom stereocenters. The van der Waals surface area contributed by atoms with E-state index in [0.717, 1.165) is 9.87 Å². The minimum atomic E-state index is -4.15. The molecule has 7 nitrogen and oxygen atoms in total. The van der Waals surface area contributed by atoms with Crippen molar-refractivity contribution in [3.63, 3.8) is 0 Å². The summed E-state index contributed by atoms with van der Waals surface area (Å²) >= 11 is 0. The number of nitrogens with zero attached hydrogens (tertiary/aromatic N) is 2. The normalized spacial score (nSPS) is 11.5. The van der Waals surface area contributed by atoms with Gasteiger partial charge in [-0.3, -0.25) is 4.31 Å². The van der Waals surface area contributed by atoms with E-state index in [1.54, 1.807) is 24.3 Å². The van der Waals surface area contributed by atoms with E-state index in [-0.39, 0.29) is 16.3 Å². The smallest absolute Gasteiger partial charge is 0.337 e. The van der Waals surface area contributed by atoms with E-state index in [0.29, 0.717) is 22.4 Å². The lowest BCUT2D eigenvalue weighted by atomic mass is 10.2. The van der Waals surface area contributed by atoms with Gasteiger partial charge in [-0.1, -0.05) is 30.3 Å². The minimum Gasteiger partial charge on any atom is -0.478 e. The summed E-state index contributed by atoms with van der Waals surface area (Å²) in [6, 6.07) is 17.9. The molecule has 0 saturated carbocycles. The second-order valence-electron chi connectivity index (χ2n) is 6.78. The SMILES string of the molecule is Cc1ccc2oc(-c3ccccc3N(C)S(=O)(=O)c3ccccc3C(=O)O)nc2c1. The molecule has 1 aromatic heterocycles. The lowest BCUT2D eigenvalue weighted by Crippen LogP contribution is -2.28.